The number of carbonyl (C=O) groups excluding carboxylic acids is 1. The van der Waals surface area contributed by atoms with Crippen LogP contribution in [-0.2, 0) is 23.9 Å². The largest absolute Gasteiger partial charge is 0.482 e. The van der Waals surface area contributed by atoms with Crippen molar-refractivity contribution < 1.29 is 37.7 Å². The molecule has 0 radical (unpaired) electrons. The van der Waals surface area contributed by atoms with Gasteiger partial charge in [-0.25, -0.2) is 15.1 Å². The molecule has 1 amide bonds. The Balaban J connectivity index is 1.39. The lowest BCUT2D eigenvalue weighted by molar-refractivity contribution is -0.139. The minimum Gasteiger partial charge on any atom is -0.482 e. The van der Waals surface area contributed by atoms with E-state index in [1.807, 2.05) is 29.6 Å². The van der Waals surface area contributed by atoms with Gasteiger partial charge in [0.15, 0.2) is 6.61 Å². The maximum Gasteiger partial charge on any atom is 0.416 e. The van der Waals surface area contributed by atoms with Gasteiger partial charge in [-0.15, -0.1) is 11.3 Å². The minimum atomic E-state index is -4.51. The van der Waals surface area contributed by atoms with Crippen LogP contribution in [0.3, 0.4) is 0 Å². The van der Waals surface area contributed by atoms with E-state index in [-0.39, 0.29) is 18.7 Å². The zero-order valence-corrected chi connectivity index (χ0v) is 28.3. The number of carbonyl (C=O) groups is 2. The second kappa shape index (κ2) is 18.5. The van der Waals surface area contributed by atoms with Crippen LogP contribution in [0.1, 0.15) is 84.4 Å². The van der Waals surface area contributed by atoms with Gasteiger partial charge in [0.1, 0.15) is 10.8 Å². The van der Waals surface area contributed by atoms with E-state index < -0.39 is 36.5 Å². The van der Waals surface area contributed by atoms with Crippen molar-refractivity contribution in [1.29, 1.82) is 0 Å². The molecule has 8 nitrogen and oxygen atoms in total. The quantitative estimate of drug-likeness (QED) is 0.0586. The van der Waals surface area contributed by atoms with Crippen molar-refractivity contribution in [3.8, 4) is 16.3 Å². The van der Waals surface area contributed by atoms with E-state index in [4.69, 9.17) is 19.9 Å². The predicted molar refractivity (Wildman–Crippen MR) is 185 cm³/mol. The highest BCUT2D eigenvalue weighted by molar-refractivity contribution is 7.13. The first-order chi connectivity index (χ1) is 23.5. The number of aliphatic carboxylic acids is 1. The Bertz CT molecular complexity index is 1610. The van der Waals surface area contributed by atoms with Crippen molar-refractivity contribution >= 4 is 23.2 Å². The normalized spacial score (nSPS) is 12.1. The third kappa shape index (κ3) is 12.0. The summed E-state index contributed by atoms with van der Waals surface area (Å²) in [6, 6.07) is 18.5. The lowest BCUT2D eigenvalue weighted by Gasteiger charge is -2.23. The minimum absolute atomic E-state index is 0.127. The summed E-state index contributed by atoms with van der Waals surface area (Å²) in [4.78, 5) is 30.7. The number of halogens is 3. The van der Waals surface area contributed by atoms with E-state index in [0.717, 1.165) is 52.5 Å². The van der Waals surface area contributed by atoms with Gasteiger partial charge >= 0.3 is 12.1 Å². The Morgan fingerprint density at radius 2 is 1.63 bits per heavy atom. The average Bonchev–Trinajstić information content (AvgIpc) is 3.58. The number of carboxylic acid groups (broad SMARTS) is 1. The van der Waals surface area contributed by atoms with Gasteiger partial charge in [0.05, 0.1) is 11.3 Å². The molecular formula is C37H43F3N3O5S+. The summed E-state index contributed by atoms with van der Waals surface area (Å²) in [5, 5.41) is 23.3. The van der Waals surface area contributed by atoms with Crippen molar-refractivity contribution in [2.24, 2.45) is 0 Å². The highest BCUT2D eigenvalue weighted by Gasteiger charge is 2.30. The number of thiazole rings is 1. The SMILES string of the molecule is CCCCCCCCNC([OH2+])c1ccc(-c2nc(CCN(Cc3ccc(OCC(=O)O)cc3)C(=O)c3ccc(C(F)(F)F)cc3)cs2)cc1. The Morgan fingerprint density at radius 1 is 0.959 bits per heavy atom. The van der Waals surface area contributed by atoms with E-state index in [1.54, 1.807) is 29.2 Å². The van der Waals surface area contributed by atoms with Gasteiger partial charge in [0.25, 0.3) is 5.91 Å². The molecule has 0 fully saturated rings. The highest BCUT2D eigenvalue weighted by Crippen LogP contribution is 2.30. The van der Waals surface area contributed by atoms with E-state index in [1.165, 1.54) is 55.6 Å². The number of nitrogens with one attached hydrogen (secondary N) is 1. The van der Waals surface area contributed by atoms with Crippen molar-refractivity contribution in [3.05, 3.63) is 106 Å². The summed E-state index contributed by atoms with van der Waals surface area (Å²) in [5.74, 6) is -1.18. The number of rotatable bonds is 19. The molecule has 0 spiro atoms. The summed E-state index contributed by atoms with van der Waals surface area (Å²) >= 11 is 1.47. The Hall–Kier alpha value is -4.26. The number of hydrogen-bond donors (Lipinski definition) is 2. The van der Waals surface area contributed by atoms with Gasteiger partial charge in [0, 0.05) is 48.1 Å². The fraction of sp³-hybridized carbons (Fsp3) is 0.378. The molecule has 262 valence electrons. The average molecular weight is 699 g/mol. The molecule has 0 aliphatic heterocycles. The number of aromatic nitrogens is 1. The molecule has 0 aliphatic rings. The molecule has 12 heteroatoms. The maximum absolute atomic E-state index is 13.5. The Kier molecular flexibility index (Phi) is 14.2. The number of alkyl halides is 3. The summed E-state index contributed by atoms with van der Waals surface area (Å²) in [6.07, 6.45) is 2.63. The smallest absolute Gasteiger partial charge is 0.416 e. The summed E-state index contributed by atoms with van der Waals surface area (Å²) in [5.41, 5.74) is 2.60. The van der Waals surface area contributed by atoms with Gasteiger partial charge in [-0.2, -0.15) is 13.2 Å². The van der Waals surface area contributed by atoms with Crippen molar-refractivity contribution in [3.63, 3.8) is 0 Å². The molecule has 1 atom stereocenters. The van der Waals surface area contributed by atoms with Gasteiger partial charge in [-0.05, 0) is 60.5 Å². The molecule has 0 saturated heterocycles. The van der Waals surface area contributed by atoms with Crippen LogP contribution in [0.4, 0.5) is 13.2 Å². The third-order valence-corrected chi connectivity index (χ3v) is 8.91. The van der Waals surface area contributed by atoms with Crippen LogP contribution in [0.25, 0.3) is 10.6 Å². The molecule has 1 aromatic heterocycles. The molecule has 4 N–H and O–H groups in total. The van der Waals surface area contributed by atoms with Gasteiger partial charge in [0.2, 0.25) is 6.23 Å². The molecule has 1 heterocycles. The zero-order valence-electron chi connectivity index (χ0n) is 27.5. The first kappa shape index (κ1) is 37.6. The van der Waals surface area contributed by atoms with Crippen LogP contribution in [0.2, 0.25) is 0 Å². The second-order valence-corrected chi connectivity index (χ2v) is 12.7. The summed E-state index contributed by atoms with van der Waals surface area (Å²) in [7, 11) is 0. The van der Waals surface area contributed by atoms with Crippen LogP contribution in [-0.4, -0.2) is 51.7 Å². The summed E-state index contributed by atoms with van der Waals surface area (Å²) < 4.78 is 44.6. The monoisotopic (exact) mass is 698 g/mol. The van der Waals surface area contributed by atoms with E-state index in [2.05, 4.69) is 12.2 Å². The van der Waals surface area contributed by atoms with Crippen LogP contribution in [0, 0.1) is 0 Å². The number of unbranched alkanes of at least 4 members (excludes halogenated alkanes) is 5. The Labute approximate surface area is 288 Å². The summed E-state index contributed by atoms with van der Waals surface area (Å²) in [6.45, 7) is 2.95. The van der Waals surface area contributed by atoms with Crippen LogP contribution >= 0.6 is 11.3 Å². The van der Waals surface area contributed by atoms with E-state index in [9.17, 15) is 22.8 Å². The van der Waals surface area contributed by atoms with Crippen LogP contribution in [0.15, 0.2) is 78.2 Å². The fourth-order valence-corrected chi connectivity index (χ4v) is 6.05. The molecular weight excluding hydrogens is 655 g/mol. The topological polar surface area (TPSA) is 115 Å². The number of nitrogens with zero attached hydrogens (tertiary/aromatic N) is 2. The number of ether oxygens (including phenoxy) is 1. The zero-order chi connectivity index (χ0) is 35.2. The Morgan fingerprint density at radius 3 is 2.29 bits per heavy atom. The maximum atomic E-state index is 13.5. The van der Waals surface area contributed by atoms with Crippen molar-refractivity contribution in [2.45, 2.75) is 70.8 Å². The number of benzene rings is 3. The van der Waals surface area contributed by atoms with E-state index in [0.29, 0.717) is 12.2 Å². The fourth-order valence-electron chi connectivity index (χ4n) is 5.18. The molecule has 0 aliphatic carbocycles. The van der Waals surface area contributed by atoms with Crippen molar-refractivity contribution in [2.75, 3.05) is 19.7 Å². The standard InChI is InChI=1S/C37H42F3N3O5S/c1-2-3-4-5-6-7-21-41-34(46)27-10-12-28(13-11-27)35-42-31(25-49-35)20-22-43(23-26-8-18-32(19-9-26)48-24-33(44)45)36(47)29-14-16-30(17-15-29)37(38,39)40/h8-19,25,34,41,46H,2-7,20-24H2,1H3,(H,44,45)/p+1. The number of carboxylic acids is 1. The van der Waals surface area contributed by atoms with Crippen LogP contribution < -0.4 is 10.1 Å². The lowest BCUT2D eigenvalue weighted by Crippen LogP contribution is -2.32. The molecule has 4 rings (SSSR count). The van der Waals surface area contributed by atoms with Crippen molar-refractivity contribution in [1.82, 2.24) is 15.2 Å². The third-order valence-electron chi connectivity index (χ3n) is 7.96. The number of amides is 1. The highest BCUT2D eigenvalue weighted by atomic mass is 32.1. The molecule has 3 aromatic carbocycles. The van der Waals surface area contributed by atoms with Gasteiger partial charge < -0.3 is 19.8 Å². The molecule has 0 bridgehead atoms. The molecule has 49 heavy (non-hydrogen) atoms. The second-order valence-electron chi connectivity index (χ2n) is 11.8. The molecule has 0 saturated carbocycles. The first-order valence-corrected chi connectivity index (χ1v) is 17.3. The molecule has 1 unspecified atom stereocenters. The van der Waals surface area contributed by atoms with Gasteiger partial charge in [-0.1, -0.05) is 63.3 Å². The molecule has 4 aromatic rings. The van der Waals surface area contributed by atoms with E-state index >= 15 is 0 Å². The van der Waals surface area contributed by atoms with Gasteiger partial charge in [-0.3, -0.25) is 4.79 Å². The first-order valence-electron chi connectivity index (χ1n) is 16.4. The number of hydrogen-bond acceptors (Lipinski definition) is 6. The lowest BCUT2D eigenvalue weighted by atomic mass is 10.1. The van der Waals surface area contributed by atoms with Crippen LogP contribution in [0.5, 0.6) is 5.75 Å². The predicted octanol–water partition coefficient (Wildman–Crippen LogP) is 7.85.